The first-order chi connectivity index (χ1) is 9.13. The average Bonchev–Trinajstić information content (AvgIpc) is 2.38. The van der Waals surface area contributed by atoms with E-state index in [0.29, 0.717) is 29.4 Å². The van der Waals surface area contributed by atoms with E-state index < -0.39 is 0 Å². The molecule has 104 valence electrons. The minimum Gasteiger partial charge on any atom is -0.495 e. The number of carbonyl (C=O) groups excluding carboxylic acids is 1. The summed E-state index contributed by atoms with van der Waals surface area (Å²) in [5.41, 5.74) is 6.03. The van der Waals surface area contributed by atoms with E-state index in [0.717, 1.165) is 12.8 Å². The molecule has 0 heterocycles. The summed E-state index contributed by atoms with van der Waals surface area (Å²) in [4.78, 5) is 12.2. The quantitative estimate of drug-likeness (QED) is 0.529. The van der Waals surface area contributed by atoms with Gasteiger partial charge in [-0.3, -0.25) is 0 Å². The van der Waals surface area contributed by atoms with Gasteiger partial charge in [-0.05, 0) is 31.4 Å². The molecule has 0 aliphatic carbocycles. The lowest BCUT2D eigenvalue weighted by molar-refractivity contribution is 0.252. The number of nitrogens with two attached hydrogens (primary N) is 1. The second-order valence-corrected chi connectivity index (χ2v) is 4.53. The Kier molecular flexibility index (Phi) is 6.67. The molecular weight excluding hydrogens is 262 g/mol. The van der Waals surface area contributed by atoms with Gasteiger partial charge in [0.05, 0.1) is 17.8 Å². The molecule has 4 N–H and O–H groups in total. The van der Waals surface area contributed by atoms with Crippen molar-refractivity contribution in [1.29, 1.82) is 0 Å². The van der Waals surface area contributed by atoms with E-state index in [4.69, 9.17) is 22.7 Å². The highest BCUT2D eigenvalue weighted by molar-refractivity contribution is 7.80. The Labute approximate surface area is 118 Å². The highest BCUT2D eigenvalue weighted by Crippen LogP contribution is 2.22. The van der Waals surface area contributed by atoms with Gasteiger partial charge >= 0.3 is 6.03 Å². The SMILES string of the molecule is COc1ccccc1NC(=O)NCCCCC(N)=S. The number of methoxy groups -OCH3 is 1. The van der Waals surface area contributed by atoms with Crippen molar-refractivity contribution in [3.05, 3.63) is 24.3 Å². The van der Waals surface area contributed by atoms with Crippen molar-refractivity contribution in [3.63, 3.8) is 0 Å². The predicted molar refractivity (Wildman–Crippen MR) is 80.7 cm³/mol. The molecule has 0 saturated carbocycles. The Balaban J connectivity index is 2.29. The predicted octanol–water partition coefficient (Wildman–Crippen LogP) is 2.27. The van der Waals surface area contributed by atoms with Gasteiger partial charge in [0.15, 0.2) is 0 Å². The number of nitrogens with one attached hydrogen (secondary N) is 2. The largest absolute Gasteiger partial charge is 0.495 e. The Bertz CT molecular complexity index is 438. The molecule has 0 atom stereocenters. The van der Waals surface area contributed by atoms with Crippen molar-refractivity contribution in [2.24, 2.45) is 5.73 Å². The van der Waals surface area contributed by atoms with Gasteiger partial charge in [-0.2, -0.15) is 0 Å². The molecule has 2 amide bonds. The number of benzene rings is 1. The smallest absolute Gasteiger partial charge is 0.319 e. The molecule has 0 bridgehead atoms. The Hall–Kier alpha value is -1.82. The standard InChI is InChI=1S/C13H19N3O2S/c1-18-11-7-3-2-6-10(11)16-13(17)15-9-5-4-8-12(14)19/h2-3,6-7H,4-5,8-9H2,1H3,(H2,14,19)(H2,15,16,17). The number of carbonyl (C=O) groups is 1. The van der Waals surface area contributed by atoms with E-state index in [1.807, 2.05) is 12.1 Å². The van der Waals surface area contributed by atoms with Gasteiger partial charge in [0.25, 0.3) is 0 Å². The number of amides is 2. The highest BCUT2D eigenvalue weighted by atomic mass is 32.1. The van der Waals surface area contributed by atoms with Gasteiger partial charge in [-0.25, -0.2) is 4.79 Å². The van der Waals surface area contributed by atoms with Crippen molar-refractivity contribution in [3.8, 4) is 5.75 Å². The number of para-hydroxylation sites is 2. The number of ether oxygens (including phenoxy) is 1. The van der Waals surface area contributed by atoms with Crippen molar-refractivity contribution in [2.45, 2.75) is 19.3 Å². The fourth-order valence-electron chi connectivity index (χ4n) is 1.54. The van der Waals surface area contributed by atoms with Crippen LogP contribution in [-0.2, 0) is 0 Å². The van der Waals surface area contributed by atoms with E-state index in [-0.39, 0.29) is 6.03 Å². The molecule has 1 aromatic rings. The summed E-state index contributed by atoms with van der Waals surface area (Å²) in [6.07, 6.45) is 2.44. The zero-order valence-corrected chi connectivity index (χ0v) is 11.8. The van der Waals surface area contributed by atoms with Gasteiger partial charge in [0.2, 0.25) is 0 Å². The molecule has 6 heteroatoms. The average molecular weight is 281 g/mol. The summed E-state index contributed by atoms with van der Waals surface area (Å²) < 4.78 is 5.14. The molecule has 5 nitrogen and oxygen atoms in total. The first-order valence-electron chi connectivity index (χ1n) is 6.09. The van der Waals surface area contributed by atoms with Crippen LogP contribution in [0.1, 0.15) is 19.3 Å². The summed E-state index contributed by atoms with van der Waals surface area (Å²) in [6.45, 7) is 0.587. The van der Waals surface area contributed by atoms with E-state index in [1.165, 1.54) is 0 Å². The lowest BCUT2D eigenvalue weighted by Gasteiger charge is -2.10. The molecule has 0 saturated heterocycles. The number of rotatable bonds is 7. The van der Waals surface area contributed by atoms with Crippen LogP contribution in [0.25, 0.3) is 0 Å². The number of anilines is 1. The lowest BCUT2D eigenvalue weighted by Crippen LogP contribution is -2.29. The van der Waals surface area contributed by atoms with E-state index in [9.17, 15) is 4.79 Å². The molecule has 0 unspecified atom stereocenters. The Morgan fingerprint density at radius 2 is 2.11 bits per heavy atom. The molecule has 0 spiro atoms. The summed E-state index contributed by atoms with van der Waals surface area (Å²) in [7, 11) is 1.56. The van der Waals surface area contributed by atoms with E-state index in [1.54, 1.807) is 19.2 Å². The van der Waals surface area contributed by atoms with Crippen molar-refractivity contribution in [1.82, 2.24) is 5.32 Å². The second kappa shape index (κ2) is 8.31. The molecule has 0 aliphatic rings. The molecule has 1 aromatic carbocycles. The minimum absolute atomic E-state index is 0.250. The zero-order valence-electron chi connectivity index (χ0n) is 10.9. The summed E-state index contributed by atoms with van der Waals surface area (Å²) in [5, 5.41) is 5.50. The van der Waals surface area contributed by atoms with Gasteiger partial charge in [-0.15, -0.1) is 0 Å². The number of thiocarbonyl (C=S) groups is 1. The molecule has 1 rings (SSSR count). The van der Waals surface area contributed by atoms with Crippen LogP contribution < -0.4 is 21.1 Å². The summed E-state index contributed by atoms with van der Waals surface area (Å²) in [5.74, 6) is 0.631. The van der Waals surface area contributed by atoms with E-state index >= 15 is 0 Å². The van der Waals surface area contributed by atoms with Crippen LogP contribution in [0, 0.1) is 0 Å². The van der Waals surface area contributed by atoms with Gasteiger partial charge in [-0.1, -0.05) is 24.4 Å². The Morgan fingerprint density at radius 3 is 2.79 bits per heavy atom. The van der Waals surface area contributed by atoms with Crippen LogP contribution in [0.4, 0.5) is 10.5 Å². The van der Waals surface area contributed by atoms with E-state index in [2.05, 4.69) is 10.6 Å². The number of unbranched alkanes of at least 4 members (excludes halogenated alkanes) is 1. The van der Waals surface area contributed by atoms with Gasteiger partial charge < -0.3 is 21.1 Å². The zero-order chi connectivity index (χ0) is 14.1. The number of hydrogen-bond donors (Lipinski definition) is 3. The van der Waals surface area contributed by atoms with Crippen LogP contribution in [0.15, 0.2) is 24.3 Å². The van der Waals surface area contributed by atoms with Crippen LogP contribution >= 0.6 is 12.2 Å². The number of urea groups is 1. The molecule has 0 aromatic heterocycles. The molecule has 0 fully saturated rings. The fourth-order valence-corrected chi connectivity index (χ4v) is 1.68. The van der Waals surface area contributed by atoms with Crippen LogP contribution in [0.3, 0.4) is 0 Å². The Morgan fingerprint density at radius 1 is 1.37 bits per heavy atom. The van der Waals surface area contributed by atoms with Crippen LogP contribution in [0.5, 0.6) is 5.75 Å². The first kappa shape index (κ1) is 15.2. The maximum atomic E-state index is 11.6. The van der Waals surface area contributed by atoms with Gasteiger partial charge in [0, 0.05) is 6.54 Å². The third-order valence-electron chi connectivity index (χ3n) is 2.49. The van der Waals surface area contributed by atoms with Gasteiger partial charge in [0.1, 0.15) is 5.75 Å². The molecule has 0 aliphatic heterocycles. The normalized spacial score (nSPS) is 9.74. The van der Waals surface area contributed by atoms with Crippen LogP contribution in [0.2, 0.25) is 0 Å². The summed E-state index contributed by atoms with van der Waals surface area (Å²) in [6, 6.07) is 7.00. The third-order valence-corrected chi connectivity index (χ3v) is 2.69. The highest BCUT2D eigenvalue weighted by Gasteiger charge is 2.05. The maximum absolute atomic E-state index is 11.6. The molecule has 0 radical (unpaired) electrons. The second-order valence-electron chi connectivity index (χ2n) is 4.00. The monoisotopic (exact) mass is 281 g/mol. The van der Waals surface area contributed by atoms with Crippen molar-refractivity contribution >= 4 is 28.9 Å². The van der Waals surface area contributed by atoms with Crippen LogP contribution in [-0.4, -0.2) is 24.7 Å². The lowest BCUT2D eigenvalue weighted by atomic mass is 10.2. The molecular formula is C13H19N3O2S. The third kappa shape index (κ3) is 6.05. The summed E-state index contributed by atoms with van der Waals surface area (Å²) >= 11 is 4.78. The maximum Gasteiger partial charge on any atom is 0.319 e. The van der Waals surface area contributed by atoms with Crippen molar-refractivity contribution in [2.75, 3.05) is 19.0 Å². The minimum atomic E-state index is -0.250. The number of hydrogen-bond acceptors (Lipinski definition) is 3. The van der Waals surface area contributed by atoms with Crippen molar-refractivity contribution < 1.29 is 9.53 Å². The topological polar surface area (TPSA) is 76.4 Å². The fraction of sp³-hybridized carbons (Fsp3) is 0.385. The first-order valence-corrected chi connectivity index (χ1v) is 6.50. The molecule has 19 heavy (non-hydrogen) atoms.